The molecule has 2 aliphatic rings. The van der Waals surface area contributed by atoms with E-state index in [-0.39, 0.29) is 19.2 Å². The fraction of sp³-hybridized carbons (Fsp3) is 0.467. The molecule has 1 aromatic carbocycles. The molecule has 0 unspecified atom stereocenters. The Bertz CT molecular complexity index is 589. The molecule has 118 valence electrons. The summed E-state index contributed by atoms with van der Waals surface area (Å²) in [5.41, 5.74) is 0.911. The number of fused-ring (bicyclic) bond motifs is 1. The molecule has 2 heterocycles. The number of benzene rings is 1. The Morgan fingerprint density at radius 3 is 2.95 bits per heavy atom. The summed E-state index contributed by atoms with van der Waals surface area (Å²) >= 11 is 0. The molecule has 0 aromatic heterocycles. The van der Waals surface area contributed by atoms with Crippen LogP contribution in [-0.4, -0.2) is 47.8 Å². The first-order chi connectivity index (χ1) is 10.6. The van der Waals surface area contributed by atoms with Gasteiger partial charge in [0.15, 0.2) is 11.5 Å². The van der Waals surface area contributed by atoms with Gasteiger partial charge in [0, 0.05) is 6.54 Å². The predicted octanol–water partition coefficient (Wildman–Crippen LogP) is 0.581. The van der Waals surface area contributed by atoms with Gasteiger partial charge in [-0.15, -0.1) is 0 Å². The molecule has 0 radical (unpaired) electrons. The van der Waals surface area contributed by atoms with Crippen LogP contribution in [0.1, 0.15) is 18.4 Å². The molecule has 1 atom stereocenters. The number of carboxylic acids is 1. The van der Waals surface area contributed by atoms with Crippen molar-refractivity contribution in [2.45, 2.75) is 25.4 Å². The van der Waals surface area contributed by atoms with Crippen molar-refractivity contribution in [1.82, 2.24) is 10.2 Å². The topological polar surface area (TPSA) is 88.1 Å². The van der Waals surface area contributed by atoms with Gasteiger partial charge in [0.1, 0.15) is 6.04 Å². The fourth-order valence-electron chi connectivity index (χ4n) is 2.79. The maximum atomic E-state index is 12.0. The van der Waals surface area contributed by atoms with Crippen molar-refractivity contribution in [2.24, 2.45) is 0 Å². The third-order valence-corrected chi connectivity index (χ3v) is 3.92. The van der Waals surface area contributed by atoms with E-state index >= 15 is 0 Å². The zero-order chi connectivity index (χ0) is 15.5. The second kappa shape index (κ2) is 6.23. The lowest BCUT2D eigenvalue weighted by Crippen LogP contribution is -2.42. The quantitative estimate of drug-likeness (QED) is 0.827. The average molecular weight is 306 g/mol. The minimum Gasteiger partial charge on any atom is -0.480 e. The lowest BCUT2D eigenvalue weighted by molar-refractivity contribution is -0.142. The molecule has 7 nitrogen and oxygen atoms in total. The van der Waals surface area contributed by atoms with Crippen molar-refractivity contribution in [3.05, 3.63) is 23.8 Å². The summed E-state index contributed by atoms with van der Waals surface area (Å²) in [7, 11) is 0. The normalized spacial score (nSPS) is 20.1. The van der Waals surface area contributed by atoms with E-state index in [0.717, 1.165) is 12.0 Å². The van der Waals surface area contributed by atoms with Crippen molar-refractivity contribution in [2.75, 3.05) is 19.9 Å². The van der Waals surface area contributed by atoms with Gasteiger partial charge in [0.25, 0.3) is 0 Å². The van der Waals surface area contributed by atoms with Gasteiger partial charge >= 0.3 is 5.97 Å². The first-order valence-corrected chi connectivity index (χ1v) is 7.25. The predicted molar refractivity (Wildman–Crippen MR) is 76.6 cm³/mol. The van der Waals surface area contributed by atoms with Gasteiger partial charge in [-0.3, -0.25) is 14.5 Å². The first kappa shape index (κ1) is 14.6. The van der Waals surface area contributed by atoms with E-state index in [4.69, 9.17) is 14.6 Å². The molecule has 2 aliphatic heterocycles. The number of carbonyl (C=O) groups is 2. The number of amides is 1. The van der Waals surface area contributed by atoms with Crippen LogP contribution in [0.3, 0.4) is 0 Å². The van der Waals surface area contributed by atoms with Crippen molar-refractivity contribution < 1.29 is 24.2 Å². The van der Waals surface area contributed by atoms with Crippen molar-refractivity contribution in [1.29, 1.82) is 0 Å². The van der Waals surface area contributed by atoms with Gasteiger partial charge in [-0.05, 0) is 37.1 Å². The molecular formula is C15H18N2O5. The SMILES string of the molecule is O=C(CN1CCC[C@H]1C(=O)O)NCc1ccc2c(c1)OCO2. The summed E-state index contributed by atoms with van der Waals surface area (Å²) in [6.07, 6.45) is 1.41. The molecule has 0 spiro atoms. The highest BCUT2D eigenvalue weighted by atomic mass is 16.7. The Labute approximate surface area is 127 Å². The highest BCUT2D eigenvalue weighted by molar-refractivity contribution is 5.80. The number of hydrogen-bond donors (Lipinski definition) is 2. The van der Waals surface area contributed by atoms with Gasteiger partial charge in [0.2, 0.25) is 12.7 Å². The fourth-order valence-corrected chi connectivity index (χ4v) is 2.79. The molecule has 1 aromatic rings. The van der Waals surface area contributed by atoms with Crippen molar-refractivity contribution in [3.8, 4) is 11.5 Å². The number of aliphatic carboxylic acids is 1. The van der Waals surface area contributed by atoms with Gasteiger partial charge in [-0.25, -0.2) is 0 Å². The Morgan fingerprint density at radius 2 is 2.14 bits per heavy atom. The zero-order valence-electron chi connectivity index (χ0n) is 12.1. The van der Waals surface area contributed by atoms with Crippen LogP contribution >= 0.6 is 0 Å². The van der Waals surface area contributed by atoms with Crippen LogP contribution in [-0.2, 0) is 16.1 Å². The molecule has 0 saturated carbocycles. The van der Waals surface area contributed by atoms with Crippen LogP contribution in [0.2, 0.25) is 0 Å². The minimum atomic E-state index is -0.860. The smallest absolute Gasteiger partial charge is 0.320 e. The number of ether oxygens (including phenoxy) is 2. The molecule has 1 fully saturated rings. The summed E-state index contributed by atoms with van der Waals surface area (Å²) in [6.45, 7) is 1.35. The molecule has 3 rings (SSSR count). The molecule has 1 saturated heterocycles. The lowest BCUT2D eigenvalue weighted by Gasteiger charge is -2.20. The van der Waals surface area contributed by atoms with Crippen LogP contribution in [0.4, 0.5) is 0 Å². The van der Waals surface area contributed by atoms with E-state index in [1.54, 1.807) is 4.90 Å². The highest BCUT2D eigenvalue weighted by Crippen LogP contribution is 2.32. The van der Waals surface area contributed by atoms with Gasteiger partial charge in [-0.1, -0.05) is 6.07 Å². The third kappa shape index (κ3) is 3.14. The molecular weight excluding hydrogens is 288 g/mol. The van der Waals surface area contributed by atoms with E-state index in [1.165, 1.54) is 0 Å². The van der Waals surface area contributed by atoms with Crippen LogP contribution < -0.4 is 14.8 Å². The average Bonchev–Trinajstić information content (AvgIpc) is 3.13. The largest absolute Gasteiger partial charge is 0.480 e. The number of nitrogens with one attached hydrogen (secondary N) is 1. The first-order valence-electron chi connectivity index (χ1n) is 7.25. The van der Waals surface area contributed by atoms with E-state index in [1.807, 2.05) is 18.2 Å². The summed E-state index contributed by atoms with van der Waals surface area (Å²) in [5, 5.41) is 11.9. The van der Waals surface area contributed by atoms with Crippen LogP contribution in [0, 0.1) is 0 Å². The molecule has 1 amide bonds. The van der Waals surface area contributed by atoms with Crippen LogP contribution in [0.25, 0.3) is 0 Å². The number of nitrogens with zero attached hydrogens (tertiary/aromatic N) is 1. The number of hydrogen-bond acceptors (Lipinski definition) is 5. The third-order valence-electron chi connectivity index (χ3n) is 3.92. The minimum absolute atomic E-state index is 0.113. The maximum Gasteiger partial charge on any atom is 0.320 e. The standard InChI is InChI=1S/C15H18N2O5/c18-14(8-17-5-1-2-11(17)15(19)20)16-7-10-3-4-12-13(6-10)22-9-21-12/h3-4,6,11H,1-2,5,7-9H2,(H,16,18)(H,19,20)/t11-/m0/s1. The van der Waals surface area contributed by atoms with E-state index in [0.29, 0.717) is 31.0 Å². The maximum absolute atomic E-state index is 12.0. The number of carboxylic acid groups (broad SMARTS) is 1. The molecule has 22 heavy (non-hydrogen) atoms. The van der Waals surface area contributed by atoms with Gasteiger partial charge in [-0.2, -0.15) is 0 Å². The Morgan fingerprint density at radius 1 is 1.32 bits per heavy atom. The number of likely N-dealkylation sites (tertiary alicyclic amines) is 1. The number of carbonyl (C=O) groups excluding carboxylic acids is 1. The molecule has 0 bridgehead atoms. The summed E-state index contributed by atoms with van der Waals surface area (Å²) in [4.78, 5) is 24.8. The van der Waals surface area contributed by atoms with Crippen LogP contribution in [0.15, 0.2) is 18.2 Å². The van der Waals surface area contributed by atoms with Crippen LogP contribution in [0.5, 0.6) is 11.5 Å². The summed E-state index contributed by atoms with van der Waals surface area (Å²) in [6, 6.07) is 4.96. The van der Waals surface area contributed by atoms with E-state index in [9.17, 15) is 9.59 Å². The number of rotatable bonds is 5. The molecule has 7 heteroatoms. The Balaban J connectivity index is 1.51. The lowest BCUT2D eigenvalue weighted by atomic mass is 10.2. The Kier molecular flexibility index (Phi) is 4.15. The van der Waals surface area contributed by atoms with Gasteiger partial charge in [0.05, 0.1) is 6.54 Å². The Hall–Kier alpha value is -2.28. The van der Waals surface area contributed by atoms with Crippen molar-refractivity contribution >= 4 is 11.9 Å². The molecule has 2 N–H and O–H groups in total. The van der Waals surface area contributed by atoms with Gasteiger partial charge < -0.3 is 19.9 Å². The zero-order valence-corrected chi connectivity index (χ0v) is 12.1. The van der Waals surface area contributed by atoms with E-state index in [2.05, 4.69) is 5.32 Å². The summed E-state index contributed by atoms with van der Waals surface area (Å²) < 4.78 is 10.5. The van der Waals surface area contributed by atoms with Crippen molar-refractivity contribution in [3.63, 3.8) is 0 Å². The second-order valence-corrected chi connectivity index (χ2v) is 5.43. The highest BCUT2D eigenvalue weighted by Gasteiger charge is 2.31. The molecule has 0 aliphatic carbocycles. The van der Waals surface area contributed by atoms with E-state index < -0.39 is 12.0 Å². The second-order valence-electron chi connectivity index (χ2n) is 5.43. The monoisotopic (exact) mass is 306 g/mol. The summed E-state index contributed by atoms with van der Waals surface area (Å²) in [5.74, 6) is 0.348.